The van der Waals surface area contributed by atoms with Crippen molar-refractivity contribution < 1.29 is 32.6 Å². The first-order chi connectivity index (χ1) is 18.5. The van der Waals surface area contributed by atoms with Crippen LogP contribution in [0, 0.1) is 5.92 Å². The molecule has 9 heteroatoms. The summed E-state index contributed by atoms with van der Waals surface area (Å²) in [6.45, 7) is 5.22. The summed E-state index contributed by atoms with van der Waals surface area (Å²) in [4.78, 5) is 22.8. The summed E-state index contributed by atoms with van der Waals surface area (Å²) in [6.07, 6.45) is -3.93. The second-order valence-corrected chi connectivity index (χ2v) is 9.73. The predicted molar refractivity (Wildman–Crippen MR) is 145 cm³/mol. The van der Waals surface area contributed by atoms with Gasteiger partial charge >= 0.3 is 12.1 Å². The molecule has 6 nitrogen and oxygen atoms in total. The molecule has 1 atom stereocenters. The standard InChI is InChI=1S/C30H33F3N2O4/c1-20(2)18-39-19-27(35-26-12-10-23(11-13-26)29(38)34-15-14-28(36)37)16-21-6-8-22(9-7-21)24-4-3-5-25(17-24)30(31,32)33/h3-13,17,20,27,35H,14-16,18-19H2,1-2H3,(H,34,38)(H,36,37)/t27-/m0/s1. The molecule has 0 saturated heterocycles. The number of hydrogen-bond donors (Lipinski definition) is 3. The van der Waals surface area contributed by atoms with Crippen molar-refractivity contribution in [3.8, 4) is 11.1 Å². The van der Waals surface area contributed by atoms with E-state index in [1.807, 2.05) is 24.3 Å². The number of carboxylic acid groups (broad SMARTS) is 1. The van der Waals surface area contributed by atoms with E-state index in [0.29, 0.717) is 42.2 Å². The van der Waals surface area contributed by atoms with Gasteiger partial charge in [-0.05, 0) is 65.4 Å². The number of carbonyl (C=O) groups excluding carboxylic acids is 1. The third-order valence-corrected chi connectivity index (χ3v) is 5.87. The van der Waals surface area contributed by atoms with Crippen LogP contribution >= 0.6 is 0 Å². The van der Waals surface area contributed by atoms with Crippen LogP contribution < -0.4 is 10.6 Å². The van der Waals surface area contributed by atoms with Crippen molar-refractivity contribution in [3.63, 3.8) is 0 Å². The molecular formula is C30H33F3N2O4. The second-order valence-electron chi connectivity index (χ2n) is 9.73. The van der Waals surface area contributed by atoms with Gasteiger partial charge in [0, 0.05) is 24.4 Å². The van der Waals surface area contributed by atoms with Crippen LogP contribution in [-0.4, -0.2) is 42.8 Å². The minimum absolute atomic E-state index is 0.0516. The molecule has 0 heterocycles. The SMILES string of the molecule is CC(C)COC[C@H](Cc1ccc(-c2cccc(C(F)(F)F)c2)cc1)Nc1ccc(C(=O)NCCC(=O)O)cc1. The number of alkyl halides is 3. The molecule has 0 aliphatic heterocycles. The highest BCUT2D eigenvalue weighted by atomic mass is 19.4. The average molecular weight is 543 g/mol. The van der Waals surface area contributed by atoms with Gasteiger partial charge in [-0.1, -0.05) is 50.2 Å². The summed E-state index contributed by atoms with van der Waals surface area (Å²) in [5.41, 5.74) is 2.71. The number of nitrogens with one attached hydrogen (secondary N) is 2. The van der Waals surface area contributed by atoms with Crippen LogP contribution in [0.25, 0.3) is 11.1 Å². The smallest absolute Gasteiger partial charge is 0.416 e. The first kappa shape index (κ1) is 29.7. The molecule has 3 rings (SSSR count). The van der Waals surface area contributed by atoms with E-state index in [1.165, 1.54) is 6.07 Å². The fourth-order valence-corrected chi connectivity index (χ4v) is 3.93. The van der Waals surface area contributed by atoms with E-state index in [1.54, 1.807) is 30.3 Å². The van der Waals surface area contributed by atoms with Crippen molar-refractivity contribution in [3.05, 3.63) is 89.5 Å². The van der Waals surface area contributed by atoms with Gasteiger partial charge in [0.2, 0.25) is 0 Å². The predicted octanol–water partition coefficient (Wildman–Crippen LogP) is 6.27. The maximum atomic E-state index is 13.1. The van der Waals surface area contributed by atoms with Crippen LogP contribution in [0.5, 0.6) is 0 Å². The van der Waals surface area contributed by atoms with Crippen molar-refractivity contribution in [2.45, 2.75) is 38.9 Å². The van der Waals surface area contributed by atoms with Crippen molar-refractivity contribution in [2.75, 3.05) is 25.1 Å². The van der Waals surface area contributed by atoms with Gasteiger partial charge in [0.05, 0.1) is 24.6 Å². The molecule has 0 radical (unpaired) electrons. The van der Waals surface area contributed by atoms with Crippen LogP contribution in [0.15, 0.2) is 72.8 Å². The van der Waals surface area contributed by atoms with E-state index in [2.05, 4.69) is 24.5 Å². The minimum Gasteiger partial charge on any atom is -0.481 e. The molecular weight excluding hydrogens is 509 g/mol. The zero-order chi connectivity index (χ0) is 28.4. The zero-order valence-electron chi connectivity index (χ0n) is 21.9. The number of carbonyl (C=O) groups is 2. The monoisotopic (exact) mass is 542 g/mol. The fraction of sp³-hybridized carbons (Fsp3) is 0.333. The largest absolute Gasteiger partial charge is 0.481 e. The van der Waals surface area contributed by atoms with Gasteiger partial charge in [-0.3, -0.25) is 9.59 Å². The molecule has 3 aromatic carbocycles. The van der Waals surface area contributed by atoms with Crippen LogP contribution in [0.1, 0.15) is 41.8 Å². The van der Waals surface area contributed by atoms with Gasteiger partial charge in [0.1, 0.15) is 0 Å². The molecule has 3 aromatic rings. The number of benzene rings is 3. The number of carboxylic acids is 1. The Morgan fingerprint density at radius 2 is 1.62 bits per heavy atom. The normalized spacial score (nSPS) is 12.3. The lowest BCUT2D eigenvalue weighted by Crippen LogP contribution is -2.29. The molecule has 208 valence electrons. The molecule has 0 saturated carbocycles. The number of anilines is 1. The molecule has 0 unspecified atom stereocenters. The molecule has 0 spiro atoms. The van der Waals surface area contributed by atoms with Crippen LogP contribution in [-0.2, 0) is 22.1 Å². The summed E-state index contributed by atoms with van der Waals surface area (Å²) in [6, 6.07) is 19.5. The number of aliphatic carboxylic acids is 1. The number of ether oxygens (including phenoxy) is 1. The Balaban J connectivity index is 1.67. The average Bonchev–Trinajstić information content (AvgIpc) is 2.88. The van der Waals surface area contributed by atoms with Crippen molar-refractivity contribution in [1.82, 2.24) is 5.32 Å². The highest BCUT2D eigenvalue weighted by Gasteiger charge is 2.30. The second kappa shape index (κ2) is 13.8. The van der Waals surface area contributed by atoms with Crippen molar-refractivity contribution >= 4 is 17.6 Å². The zero-order valence-corrected chi connectivity index (χ0v) is 21.9. The highest BCUT2D eigenvalue weighted by molar-refractivity contribution is 5.94. The lowest BCUT2D eigenvalue weighted by Gasteiger charge is -2.21. The number of rotatable bonds is 13. The molecule has 0 fully saturated rings. The maximum absolute atomic E-state index is 13.1. The molecule has 0 aliphatic rings. The molecule has 0 bridgehead atoms. The summed E-state index contributed by atoms with van der Waals surface area (Å²) in [5.74, 6) is -0.956. The topological polar surface area (TPSA) is 87.7 Å². The van der Waals surface area contributed by atoms with E-state index >= 15 is 0 Å². The maximum Gasteiger partial charge on any atom is 0.416 e. The van der Waals surface area contributed by atoms with Gasteiger partial charge < -0.3 is 20.5 Å². The van der Waals surface area contributed by atoms with E-state index in [9.17, 15) is 22.8 Å². The quantitative estimate of drug-likeness (QED) is 0.237. The number of hydrogen-bond acceptors (Lipinski definition) is 4. The molecule has 0 aliphatic carbocycles. The van der Waals surface area contributed by atoms with Gasteiger partial charge in [-0.15, -0.1) is 0 Å². The Kier molecular flexibility index (Phi) is 10.5. The van der Waals surface area contributed by atoms with E-state index in [-0.39, 0.29) is 24.9 Å². The number of amides is 1. The molecule has 0 aromatic heterocycles. The first-order valence-electron chi connectivity index (χ1n) is 12.7. The Labute approximate surface area is 226 Å². The summed E-state index contributed by atoms with van der Waals surface area (Å²) >= 11 is 0. The third-order valence-electron chi connectivity index (χ3n) is 5.87. The third kappa shape index (κ3) is 9.76. The van der Waals surface area contributed by atoms with E-state index in [0.717, 1.165) is 23.4 Å². The Bertz CT molecular complexity index is 1230. The van der Waals surface area contributed by atoms with Gasteiger partial charge in [-0.25, -0.2) is 0 Å². The Morgan fingerprint density at radius 1 is 0.923 bits per heavy atom. The van der Waals surface area contributed by atoms with Crippen LogP contribution in [0.2, 0.25) is 0 Å². The molecule has 39 heavy (non-hydrogen) atoms. The van der Waals surface area contributed by atoms with Crippen molar-refractivity contribution in [2.24, 2.45) is 5.92 Å². The molecule has 1 amide bonds. The Hall–Kier alpha value is -3.85. The highest BCUT2D eigenvalue weighted by Crippen LogP contribution is 2.32. The first-order valence-corrected chi connectivity index (χ1v) is 12.7. The Morgan fingerprint density at radius 3 is 2.23 bits per heavy atom. The van der Waals surface area contributed by atoms with Crippen LogP contribution in [0.3, 0.4) is 0 Å². The molecule has 3 N–H and O–H groups in total. The lowest BCUT2D eigenvalue weighted by molar-refractivity contribution is -0.138. The fourth-order valence-electron chi connectivity index (χ4n) is 3.93. The summed E-state index contributed by atoms with van der Waals surface area (Å²) in [7, 11) is 0. The summed E-state index contributed by atoms with van der Waals surface area (Å²) in [5, 5.41) is 14.7. The van der Waals surface area contributed by atoms with Gasteiger partial charge in [0.25, 0.3) is 5.91 Å². The summed E-state index contributed by atoms with van der Waals surface area (Å²) < 4.78 is 45.2. The lowest BCUT2D eigenvalue weighted by atomic mass is 9.99. The minimum atomic E-state index is -4.40. The van der Waals surface area contributed by atoms with Crippen molar-refractivity contribution in [1.29, 1.82) is 0 Å². The van der Waals surface area contributed by atoms with Gasteiger partial charge in [-0.2, -0.15) is 13.2 Å². The number of halogens is 3. The van der Waals surface area contributed by atoms with E-state index < -0.39 is 17.7 Å². The van der Waals surface area contributed by atoms with E-state index in [4.69, 9.17) is 9.84 Å². The van der Waals surface area contributed by atoms with Crippen LogP contribution in [0.4, 0.5) is 18.9 Å². The van der Waals surface area contributed by atoms with Gasteiger partial charge in [0.15, 0.2) is 0 Å².